The number of aromatic carboxylic acids is 1. The summed E-state index contributed by atoms with van der Waals surface area (Å²) in [4.78, 5) is 28.0. The van der Waals surface area contributed by atoms with Gasteiger partial charge in [-0.3, -0.25) is 4.79 Å². The maximum atomic E-state index is 13.2. The normalized spacial score (nSPS) is 17.1. The minimum Gasteiger partial charge on any atom is -0.478 e. The maximum Gasteiger partial charge on any atom is 0.337 e. The molecular weight excluding hydrogens is 343 g/mol. The molecule has 5 nitrogen and oxygen atoms in total. The second kappa shape index (κ2) is 6.90. The van der Waals surface area contributed by atoms with Gasteiger partial charge < -0.3 is 10.4 Å². The molecule has 1 saturated heterocycles. The largest absolute Gasteiger partial charge is 0.478 e. The van der Waals surface area contributed by atoms with Crippen LogP contribution in [0.5, 0.6) is 0 Å². The summed E-state index contributed by atoms with van der Waals surface area (Å²) in [5.74, 6) is -1.85. The number of nitrogens with one attached hydrogen (secondary N) is 1. The van der Waals surface area contributed by atoms with Gasteiger partial charge in [0.2, 0.25) is 0 Å². The van der Waals surface area contributed by atoms with Crippen molar-refractivity contribution in [2.75, 3.05) is 0 Å². The lowest BCUT2D eigenvalue weighted by atomic mass is 10.1. The van der Waals surface area contributed by atoms with Crippen LogP contribution < -0.4 is 5.32 Å². The van der Waals surface area contributed by atoms with Crippen LogP contribution in [0.4, 0.5) is 10.1 Å². The van der Waals surface area contributed by atoms with Gasteiger partial charge in [0.1, 0.15) is 5.82 Å². The Balaban J connectivity index is 1.92. The van der Waals surface area contributed by atoms with E-state index in [1.54, 1.807) is 30.3 Å². The number of carbonyl (C=O) groups excluding carboxylic acids is 1. The van der Waals surface area contributed by atoms with Gasteiger partial charge in [-0.15, -0.1) is 0 Å². The zero-order valence-corrected chi connectivity index (χ0v) is 13.9. The van der Waals surface area contributed by atoms with Gasteiger partial charge in [-0.1, -0.05) is 18.2 Å². The number of amidine groups is 1. The quantitative estimate of drug-likeness (QED) is 0.822. The average molecular weight is 356 g/mol. The summed E-state index contributed by atoms with van der Waals surface area (Å²) in [7, 11) is 0. The number of amides is 1. The Bertz CT molecular complexity index is 938. The van der Waals surface area contributed by atoms with Crippen molar-refractivity contribution in [3.05, 3.63) is 69.9 Å². The van der Waals surface area contributed by atoms with Gasteiger partial charge in [-0.05, 0) is 60.2 Å². The molecule has 0 aromatic heterocycles. The molecule has 0 atom stereocenters. The Morgan fingerprint density at radius 2 is 2.08 bits per heavy atom. The predicted molar refractivity (Wildman–Crippen MR) is 95.3 cm³/mol. The van der Waals surface area contributed by atoms with Crippen LogP contribution in [-0.4, -0.2) is 22.2 Å². The summed E-state index contributed by atoms with van der Waals surface area (Å²) in [6.45, 7) is 1.82. The van der Waals surface area contributed by atoms with Crippen molar-refractivity contribution in [3.8, 4) is 0 Å². The molecule has 1 heterocycles. The molecule has 2 N–H and O–H groups in total. The molecule has 1 amide bonds. The summed E-state index contributed by atoms with van der Waals surface area (Å²) in [5.41, 5.74) is 1.73. The summed E-state index contributed by atoms with van der Waals surface area (Å²) in [6, 6.07) is 10.7. The van der Waals surface area contributed by atoms with E-state index in [4.69, 9.17) is 0 Å². The molecule has 126 valence electrons. The number of carboxylic acids is 1. The van der Waals surface area contributed by atoms with Crippen LogP contribution in [0.1, 0.15) is 21.5 Å². The number of aliphatic imine (C=N–C) groups is 1. The topological polar surface area (TPSA) is 78.8 Å². The minimum atomic E-state index is -1.09. The molecule has 1 aliphatic heterocycles. The van der Waals surface area contributed by atoms with Crippen molar-refractivity contribution in [3.63, 3.8) is 0 Å². The predicted octanol–water partition coefficient (Wildman–Crippen LogP) is 3.72. The second-order valence-corrected chi connectivity index (χ2v) is 6.39. The summed E-state index contributed by atoms with van der Waals surface area (Å²) < 4.78 is 13.2. The minimum absolute atomic E-state index is 0.0514. The van der Waals surface area contributed by atoms with E-state index in [0.717, 1.165) is 17.3 Å². The highest BCUT2D eigenvalue weighted by atomic mass is 32.2. The van der Waals surface area contributed by atoms with Gasteiger partial charge in [-0.25, -0.2) is 14.2 Å². The van der Waals surface area contributed by atoms with Crippen LogP contribution in [0.25, 0.3) is 6.08 Å². The van der Waals surface area contributed by atoms with E-state index in [-0.39, 0.29) is 22.3 Å². The maximum absolute atomic E-state index is 13.2. The first-order valence-electron chi connectivity index (χ1n) is 7.31. The number of nitrogens with zero attached hydrogens (tertiary/aromatic N) is 1. The van der Waals surface area contributed by atoms with E-state index < -0.39 is 11.8 Å². The molecule has 0 aliphatic carbocycles. The highest BCUT2D eigenvalue weighted by molar-refractivity contribution is 8.18. The lowest BCUT2D eigenvalue weighted by molar-refractivity contribution is -0.115. The number of hydrogen-bond acceptors (Lipinski definition) is 4. The van der Waals surface area contributed by atoms with E-state index in [0.29, 0.717) is 10.5 Å². The van der Waals surface area contributed by atoms with Gasteiger partial charge in [0.05, 0.1) is 16.2 Å². The molecule has 25 heavy (non-hydrogen) atoms. The smallest absolute Gasteiger partial charge is 0.337 e. The van der Waals surface area contributed by atoms with Crippen molar-refractivity contribution in [1.29, 1.82) is 0 Å². The highest BCUT2D eigenvalue weighted by Crippen LogP contribution is 2.29. The van der Waals surface area contributed by atoms with Crippen molar-refractivity contribution in [2.24, 2.45) is 4.99 Å². The summed E-state index contributed by atoms with van der Waals surface area (Å²) >= 11 is 1.08. The van der Waals surface area contributed by atoms with E-state index in [1.165, 1.54) is 18.2 Å². The Morgan fingerprint density at radius 3 is 2.80 bits per heavy atom. The first kappa shape index (κ1) is 16.9. The Morgan fingerprint density at radius 1 is 1.28 bits per heavy atom. The number of benzene rings is 2. The molecule has 2 aromatic rings. The fourth-order valence-corrected chi connectivity index (χ4v) is 3.09. The molecule has 0 unspecified atom stereocenters. The van der Waals surface area contributed by atoms with Crippen LogP contribution in [-0.2, 0) is 4.79 Å². The zero-order chi connectivity index (χ0) is 18.0. The number of carboxylic acid groups (broad SMARTS) is 1. The molecule has 0 spiro atoms. The molecular formula is C18H13FN2O3S. The Labute approximate surface area is 147 Å². The fraction of sp³-hybridized carbons (Fsp3) is 0.0556. The fourth-order valence-electron chi connectivity index (χ4n) is 2.25. The van der Waals surface area contributed by atoms with Crippen molar-refractivity contribution >= 4 is 40.6 Å². The Hall–Kier alpha value is -2.93. The third-order valence-electron chi connectivity index (χ3n) is 3.40. The average Bonchev–Trinajstić information content (AvgIpc) is 2.86. The van der Waals surface area contributed by atoms with Crippen molar-refractivity contribution in [2.45, 2.75) is 6.92 Å². The molecule has 3 rings (SSSR count). The third kappa shape index (κ3) is 3.95. The van der Waals surface area contributed by atoms with Gasteiger partial charge >= 0.3 is 5.97 Å². The zero-order valence-electron chi connectivity index (χ0n) is 13.1. The molecule has 1 aliphatic rings. The van der Waals surface area contributed by atoms with Crippen molar-refractivity contribution in [1.82, 2.24) is 5.32 Å². The van der Waals surface area contributed by atoms with Crippen LogP contribution in [0, 0.1) is 12.7 Å². The van der Waals surface area contributed by atoms with E-state index in [1.807, 2.05) is 6.92 Å². The number of carbonyl (C=O) groups is 2. The summed E-state index contributed by atoms with van der Waals surface area (Å²) in [6.07, 6.45) is 1.56. The SMILES string of the molecule is Cc1ccc(C(=O)O)c(N=C2NC(=O)/C(=C/c3cccc(F)c3)S2)c1. The second-order valence-electron chi connectivity index (χ2n) is 5.36. The molecule has 7 heteroatoms. The molecule has 0 bridgehead atoms. The summed E-state index contributed by atoms with van der Waals surface area (Å²) in [5, 5.41) is 12.1. The van der Waals surface area contributed by atoms with Crippen LogP contribution >= 0.6 is 11.8 Å². The molecule has 1 fully saturated rings. The van der Waals surface area contributed by atoms with Gasteiger partial charge in [0.25, 0.3) is 5.91 Å². The van der Waals surface area contributed by atoms with E-state index in [9.17, 15) is 19.1 Å². The number of halogens is 1. The van der Waals surface area contributed by atoms with Crippen LogP contribution in [0.2, 0.25) is 0 Å². The monoisotopic (exact) mass is 356 g/mol. The van der Waals surface area contributed by atoms with Gasteiger partial charge in [-0.2, -0.15) is 0 Å². The number of aryl methyl sites for hydroxylation is 1. The molecule has 0 radical (unpaired) electrons. The van der Waals surface area contributed by atoms with Gasteiger partial charge in [0, 0.05) is 0 Å². The first-order valence-corrected chi connectivity index (χ1v) is 8.13. The lowest BCUT2D eigenvalue weighted by Crippen LogP contribution is -2.19. The van der Waals surface area contributed by atoms with Gasteiger partial charge in [0.15, 0.2) is 5.17 Å². The third-order valence-corrected chi connectivity index (χ3v) is 4.31. The highest BCUT2D eigenvalue weighted by Gasteiger charge is 2.24. The molecule has 2 aromatic carbocycles. The number of hydrogen-bond donors (Lipinski definition) is 2. The number of rotatable bonds is 3. The number of thioether (sulfide) groups is 1. The Kier molecular flexibility index (Phi) is 4.67. The molecule has 0 saturated carbocycles. The van der Waals surface area contributed by atoms with Crippen molar-refractivity contribution < 1.29 is 19.1 Å². The van der Waals surface area contributed by atoms with E-state index in [2.05, 4.69) is 10.3 Å². The lowest BCUT2D eigenvalue weighted by Gasteiger charge is -2.03. The first-order chi connectivity index (χ1) is 11.9. The van der Waals surface area contributed by atoms with Crippen LogP contribution in [0.3, 0.4) is 0 Å². The van der Waals surface area contributed by atoms with Crippen LogP contribution in [0.15, 0.2) is 52.4 Å². The van der Waals surface area contributed by atoms with E-state index >= 15 is 0 Å². The standard InChI is InChI=1S/C18H13FN2O3S/c1-10-5-6-13(17(23)24)14(7-10)20-18-21-16(22)15(25-18)9-11-3-2-4-12(19)8-11/h2-9H,1H3,(H,23,24)(H,20,21,22)/b15-9-.